The van der Waals surface area contributed by atoms with Crippen molar-refractivity contribution < 1.29 is 17.9 Å². The molecule has 0 aliphatic carbocycles. The first-order valence-corrected chi connectivity index (χ1v) is 11.8. The highest BCUT2D eigenvalue weighted by molar-refractivity contribution is 7.89. The number of carbonyl (C=O) groups excluding carboxylic acids is 1. The van der Waals surface area contributed by atoms with Gasteiger partial charge in [-0.1, -0.05) is 35.9 Å². The Balaban J connectivity index is 1.52. The number of halogens is 1. The molecule has 30 heavy (non-hydrogen) atoms. The number of benzene rings is 2. The van der Waals surface area contributed by atoms with E-state index in [2.05, 4.69) is 4.90 Å². The van der Waals surface area contributed by atoms with Gasteiger partial charge >= 0.3 is 0 Å². The molecule has 0 unspecified atom stereocenters. The molecule has 2 aromatic rings. The monoisotopic (exact) mass is 449 g/mol. The number of para-hydroxylation sites is 1. The Morgan fingerprint density at radius 2 is 1.50 bits per heavy atom. The van der Waals surface area contributed by atoms with Crippen LogP contribution in [0.5, 0.6) is 0 Å². The largest absolute Gasteiger partial charge is 0.379 e. The number of hydrogen-bond donors (Lipinski definition) is 0. The highest BCUT2D eigenvalue weighted by atomic mass is 35.5. The van der Waals surface area contributed by atoms with Crippen LogP contribution < -0.4 is 4.90 Å². The minimum absolute atomic E-state index is 0.0606. The molecule has 9 heteroatoms. The van der Waals surface area contributed by atoms with Gasteiger partial charge in [0.1, 0.15) is 0 Å². The molecule has 2 heterocycles. The fourth-order valence-electron chi connectivity index (χ4n) is 3.82. The number of piperazine rings is 1. The lowest BCUT2D eigenvalue weighted by Crippen LogP contribution is -2.49. The van der Waals surface area contributed by atoms with Crippen LogP contribution >= 0.6 is 11.6 Å². The third-order valence-corrected chi connectivity index (χ3v) is 7.74. The lowest BCUT2D eigenvalue weighted by molar-refractivity contribution is 0.0722. The topological polar surface area (TPSA) is 70.2 Å². The summed E-state index contributed by atoms with van der Waals surface area (Å²) < 4.78 is 32.9. The van der Waals surface area contributed by atoms with E-state index in [0.717, 1.165) is 5.69 Å². The summed E-state index contributed by atoms with van der Waals surface area (Å²) in [6, 6.07) is 14.1. The van der Waals surface area contributed by atoms with E-state index in [1.54, 1.807) is 23.1 Å². The van der Waals surface area contributed by atoms with E-state index in [1.165, 1.54) is 10.4 Å². The average molecular weight is 450 g/mol. The zero-order chi connectivity index (χ0) is 21.1. The van der Waals surface area contributed by atoms with Gasteiger partial charge in [-0.25, -0.2) is 8.42 Å². The maximum absolute atomic E-state index is 13.2. The highest BCUT2D eigenvalue weighted by Gasteiger charge is 2.32. The van der Waals surface area contributed by atoms with Gasteiger partial charge < -0.3 is 14.5 Å². The molecule has 0 spiro atoms. The van der Waals surface area contributed by atoms with Crippen LogP contribution in [0.3, 0.4) is 0 Å². The van der Waals surface area contributed by atoms with E-state index in [0.29, 0.717) is 57.5 Å². The van der Waals surface area contributed by atoms with Crippen LogP contribution in [-0.4, -0.2) is 76.0 Å². The molecule has 2 aliphatic rings. The smallest absolute Gasteiger partial charge is 0.255 e. The quantitative estimate of drug-likeness (QED) is 0.716. The van der Waals surface area contributed by atoms with E-state index in [4.69, 9.17) is 16.3 Å². The first-order valence-electron chi connectivity index (χ1n) is 9.94. The molecule has 2 aliphatic heterocycles. The Kier molecular flexibility index (Phi) is 6.29. The van der Waals surface area contributed by atoms with Crippen molar-refractivity contribution >= 4 is 33.2 Å². The standard InChI is InChI=1S/C21H24ClN3O4S/c22-18-6-2-3-7-19(18)23-9-11-24(12-10-23)21(26)17-5-1-4-8-20(17)30(27,28)25-13-15-29-16-14-25/h1-8H,9-16H2. The Morgan fingerprint density at radius 1 is 0.867 bits per heavy atom. The van der Waals surface area contributed by atoms with E-state index >= 15 is 0 Å². The third kappa shape index (κ3) is 4.18. The number of amides is 1. The van der Waals surface area contributed by atoms with Gasteiger partial charge in [0.05, 0.1) is 34.4 Å². The zero-order valence-electron chi connectivity index (χ0n) is 16.5. The molecule has 0 radical (unpaired) electrons. The van der Waals surface area contributed by atoms with Gasteiger partial charge in [-0.3, -0.25) is 4.79 Å². The number of anilines is 1. The predicted molar refractivity (Wildman–Crippen MR) is 116 cm³/mol. The average Bonchev–Trinajstić information content (AvgIpc) is 2.80. The predicted octanol–water partition coefficient (Wildman–Crippen LogP) is 2.32. The van der Waals surface area contributed by atoms with Crippen molar-refractivity contribution in [1.82, 2.24) is 9.21 Å². The molecule has 1 amide bonds. The second kappa shape index (κ2) is 8.93. The van der Waals surface area contributed by atoms with Gasteiger partial charge in [0, 0.05) is 39.3 Å². The molecule has 2 saturated heterocycles. The van der Waals surface area contributed by atoms with Gasteiger partial charge in [-0.2, -0.15) is 4.31 Å². The molecule has 2 aromatic carbocycles. The maximum Gasteiger partial charge on any atom is 0.255 e. The molecular formula is C21H24ClN3O4S. The first kappa shape index (κ1) is 21.1. The molecular weight excluding hydrogens is 426 g/mol. The Morgan fingerprint density at radius 3 is 2.20 bits per heavy atom. The van der Waals surface area contributed by atoms with Gasteiger partial charge in [0.2, 0.25) is 10.0 Å². The van der Waals surface area contributed by atoms with Gasteiger partial charge in [0.25, 0.3) is 5.91 Å². The Bertz CT molecular complexity index is 1020. The van der Waals surface area contributed by atoms with E-state index in [1.807, 2.05) is 24.3 Å². The molecule has 0 saturated carbocycles. The van der Waals surface area contributed by atoms with Crippen molar-refractivity contribution in [1.29, 1.82) is 0 Å². The van der Waals surface area contributed by atoms with Crippen LogP contribution in [0.1, 0.15) is 10.4 Å². The zero-order valence-corrected chi connectivity index (χ0v) is 18.1. The molecule has 4 rings (SSSR count). The molecule has 7 nitrogen and oxygen atoms in total. The Labute approximate surface area is 181 Å². The van der Waals surface area contributed by atoms with Crippen LogP contribution in [0, 0.1) is 0 Å². The summed E-state index contributed by atoms with van der Waals surface area (Å²) in [5.74, 6) is -0.263. The second-order valence-corrected chi connectivity index (χ2v) is 9.56. The molecule has 0 atom stereocenters. The summed E-state index contributed by atoms with van der Waals surface area (Å²) >= 11 is 6.29. The molecule has 0 bridgehead atoms. The first-order chi connectivity index (χ1) is 14.5. The highest BCUT2D eigenvalue weighted by Crippen LogP contribution is 2.27. The minimum Gasteiger partial charge on any atom is -0.379 e. The van der Waals surface area contributed by atoms with Crippen molar-refractivity contribution in [3.8, 4) is 0 Å². The van der Waals surface area contributed by atoms with Gasteiger partial charge in [-0.15, -0.1) is 0 Å². The summed E-state index contributed by atoms with van der Waals surface area (Å²) in [7, 11) is -3.76. The molecule has 2 fully saturated rings. The second-order valence-electron chi connectivity index (χ2n) is 7.24. The number of sulfonamides is 1. The van der Waals surface area contributed by atoms with E-state index in [9.17, 15) is 13.2 Å². The number of carbonyl (C=O) groups is 1. The maximum atomic E-state index is 13.2. The minimum atomic E-state index is -3.76. The van der Waals surface area contributed by atoms with Crippen molar-refractivity contribution in [3.63, 3.8) is 0 Å². The molecule has 0 N–H and O–H groups in total. The SMILES string of the molecule is O=C(c1ccccc1S(=O)(=O)N1CCOCC1)N1CCN(c2ccccc2Cl)CC1. The van der Waals surface area contributed by atoms with Crippen molar-refractivity contribution in [2.45, 2.75) is 4.90 Å². The van der Waals surface area contributed by atoms with Crippen molar-refractivity contribution in [2.24, 2.45) is 0 Å². The van der Waals surface area contributed by atoms with Crippen molar-refractivity contribution in [3.05, 3.63) is 59.1 Å². The third-order valence-electron chi connectivity index (χ3n) is 5.47. The van der Waals surface area contributed by atoms with Gasteiger partial charge in [0.15, 0.2) is 0 Å². The number of ether oxygens (including phenoxy) is 1. The van der Waals surface area contributed by atoms with E-state index in [-0.39, 0.29) is 16.4 Å². The normalized spacial score (nSPS) is 18.4. The number of morpholine rings is 1. The molecule has 160 valence electrons. The summed E-state index contributed by atoms with van der Waals surface area (Å²) in [5.41, 5.74) is 1.16. The Hall–Kier alpha value is -2.13. The van der Waals surface area contributed by atoms with Crippen LogP contribution in [0.4, 0.5) is 5.69 Å². The number of nitrogens with zero attached hydrogens (tertiary/aromatic N) is 3. The summed E-state index contributed by atoms with van der Waals surface area (Å²) in [4.78, 5) is 17.1. The van der Waals surface area contributed by atoms with Crippen LogP contribution in [0.25, 0.3) is 0 Å². The summed E-state index contributed by atoms with van der Waals surface area (Å²) in [6.07, 6.45) is 0. The van der Waals surface area contributed by atoms with Gasteiger partial charge in [-0.05, 0) is 24.3 Å². The molecule has 0 aromatic heterocycles. The van der Waals surface area contributed by atoms with Crippen LogP contribution in [0.2, 0.25) is 5.02 Å². The van der Waals surface area contributed by atoms with Crippen molar-refractivity contribution in [2.75, 3.05) is 57.4 Å². The fourth-order valence-corrected chi connectivity index (χ4v) is 5.67. The van der Waals surface area contributed by atoms with Crippen LogP contribution in [0.15, 0.2) is 53.4 Å². The lowest BCUT2D eigenvalue weighted by Gasteiger charge is -2.37. The lowest BCUT2D eigenvalue weighted by atomic mass is 10.1. The summed E-state index contributed by atoms with van der Waals surface area (Å²) in [6.45, 7) is 3.56. The number of hydrogen-bond acceptors (Lipinski definition) is 5. The summed E-state index contributed by atoms with van der Waals surface area (Å²) in [5, 5.41) is 0.680. The van der Waals surface area contributed by atoms with Crippen LogP contribution in [-0.2, 0) is 14.8 Å². The fraction of sp³-hybridized carbons (Fsp3) is 0.381. The van der Waals surface area contributed by atoms with E-state index < -0.39 is 10.0 Å². The number of rotatable bonds is 4.